The van der Waals surface area contributed by atoms with E-state index in [9.17, 15) is 4.79 Å². The Balaban J connectivity index is 1.50. The van der Waals surface area contributed by atoms with Crippen LogP contribution in [-0.4, -0.2) is 44.1 Å². The maximum absolute atomic E-state index is 12.5. The van der Waals surface area contributed by atoms with Crippen molar-refractivity contribution in [1.29, 1.82) is 0 Å². The third-order valence-corrected chi connectivity index (χ3v) is 4.87. The lowest BCUT2D eigenvalue weighted by Crippen LogP contribution is -2.39. The number of carbonyl (C=O) groups is 1. The van der Waals surface area contributed by atoms with E-state index < -0.39 is 0 Å². The van der Waals surface area contributed by atoms with Crippen LogP contribution in [0, 0.1) is 0 Å². The molecule has 7 heteroatoms. The summed E-state index contributed by atoms with van der Waals surface area (Å²) in [7, 11) is 0. The van der Waals surface area contributed by atoms with Crippen molar-refractivity contribution in [2.75, 3.05) is 13.1 Å². The monoisotopic (exact) mass is 339 g/mol. The number of hydrogen-bond donors (Lipinski definition) is 1. The smallest absolute Gasteiger partial charge is 0.273 e. The molecule has 2 aromatic heterocycles. The summed E-state index contributed by atoms with van der Waals surface area (Å²) in [6.45, 7) is 1.42. The summed E-state index contributed by atoms with van der Waals surface area (Å²) in [6, 6.07) is 9.90. The average molecular weight is 339 g/mol. The van der Waals surface area contributed by atoms with E-state index in [-0.39, 0.29) is 11.8 Å². The predicted molar refractivity (Wildman–Crippen MR) is 91.8 cm³/mol. The number of benzene rings is 1. The van der Waals surface area contributed by atoms with Gasteiger partial charge in [-0.05, 0) is 12.8 Å². The third kappa shape index (κ3) is 2.94. The summed E-state index contributed by atoms with van der Waals surface area (Å²) in [6.07, 6.45) is 1.96. The third-order valence-electron chi connectivity index (χ3n) is 4.28. The highest BCUT2D eigenvalue weighted by atomic mass is 32.1. The van der Waals surface area contributed by atoms with Crippen molar-refractivity contribution in [3.63, 3.8) is 0 Å². The number of thiazole rings is 1. The van der Waals surface area contributed by atoms with E-state index in [4.69, 9.17) is 0 Å². The van der Waals surface area contributed by atoms with Crippen LogP contribution in [0.5, 0.6) is 0 Å². The van der Waals surface area contributed by atoms with Crippen LogP contribution in [0.25, 0.3) is 11.4 Å². The number of hydrogen-bond acceptors (Lipinski definition) is 5. The van der Waals surface area contributed by atoms with E-state index in [1.807, 2.05) is 35.2 Å². The van der Waals surface area contributed by atoms with Gasteiger partial charge in [0.05, 0.1) is 5.51 Å². The Labute approximate surface area is 143 Å². The second-order valence-electron chi connectivity index (χ2n) is 5.87. The van der Waals surface area contributed by atoms with Gasteiger partial charge in [0, 0.05) is 30.0 Å². The summed E-state index contributed by atoms with van der Waals surface area (Å²) in [5, 5.41) is 9.19. The van der Waals surface area contributed by atoms with E-state index in [0.717, 1.165) is 30.8 Å². The highest BCUT2D eigenvalue weighted by Gasteiger charge is 2.28. The minimum absolute atomic E-state index is 0.00347. The Morgan fingerprint density at radius 2 is 2.17 bits per heavy atom. The van der Waals surface area contributed by atoms with Crippen molar-refractivity contribution in [2.24, 2.45) is 0 Å². The second-order valence-corrected chi connectivity index (χ2v) is 6.59. The van der Waals surface area contributed by atoms with E-state index in [1.54, 1.807) is 10.9 Å². The molecule has 0 saturated carbocycles. The van der Waals surface area contributed by atoms with Crippen molar-refractivity contribution >= 4 is 17.2 Å². The van der Waals surface area contributed by atoms with Crippen molar-refractivity contribution in [2.45, 2.75) is 18.8 Å². The Hall–Kier alpha value is -2.54. The molecule has 0 unspecified atom stereocenters. The number of aromatic nitrogens is 4. The van der Waals surface area contributed by atoms with Gasteiger partial charge in [-0.15, -0.1) is 11.3 Å². The molecule has 1 amide bonds. The molecule has 24 heavy (non-hydrogen) atoms. The first-order valence-corrected chi connectivity index (χ1v) is 8.91. The van der Waals surface area contributed by atoms with Gasteiger partial charge in [0.15, 0.2) is 5.82 Å². The molecule has 1 atom stereocenters. The molecule has 0 radical (unpaired) electrons. The molecular formula is C17H17N5OS. The van der Waals surface area contributed by atoms with Gasteiger partial charge in [0.25, 0.3) is 5.91 Å². The first-order valence-electron chi connectivity index (χ1n) is 7.96. The number of likely N-dealkylation sites (tertiary alicyclic amines) is 1. The number of carbonyl (C=O) groups excluding carboxylic acids is 1. The van der Waals surface area contributed by atoms with Crippen molar-refractivity contribution in [3.05, 3.63) is 52.7 Å². The second kappa shape index (κ2) is 6.52. The van der Waals surface area contributed by atoms with Crippen LogP contribution >= 0.6 is 11.3 Å². The van der Waals surface area contributed by atoms with E-state index >= 15 is 0 Å². The standard InChI is InChI=1S/C17H17N5OS/c23-17(14-10-24-11-18-14)22-8-4-7-13(9-22)16-19-15(20-21-16)12-5-2-1-3-6-12/h1-3,5-6,10-11,13H,4,7-9H2,(H,19,20,21)/t13-/m1/s1. The van der Waals surface area contributed by atoms with Crippen LogP contribution in [-0.2, 0) is 0 Å². The zero-order valence-corrected chi connectivity index (χ0v) is 13.9. The van der Waals surface area contributed by atoms with Crippen molar-refractivity contribution in [1.82, 2.24) is 25.1 Å². The molecule has 0 bridgehead atoms. The van der Waals surface area contributed by atoms with Crippen LogP contribution in [0.2, 0.25) is 0 Å². The lowest BCUT2D eigenvalue weighted by Gasteiger charge is -2.31. The molecule has 0 spiro atoms. The average Bonchev–Trinajstić information content (AvgIpc) is 3.34. The van der Waals surface area contributed by atoms with Gasteiger partial charge in [-0.3, -0.25) is 9.89 Å². The van der Waals surface area contributed by atoms with Gasteiger partial charge >= 0.3 is 0 Å². The van der Waals surface area contributed by atoms with Crippen LogP contribution in [0.4, 0.5) is 0 Å². The lowest BCUT2D eigenvalue weighted by atomic mass is 9.97. The first kappa shape index (κ1) is 15.0. The minimum atomic E-state index is 0.00347. The van der Waals surface area contributed by atoms with Gasteiger partial charge in [-0.1, -0.05) is 30.3 Å². The van der Waals surface area contributed by atoms with Gasteiger partial charge < -0.3 is 4.90 Å². The molecule has 3 aromatic rings. The highest BCUT2D eigenvalue weighted by Crippen LogP contribution is 2.27. The SMILES string of the molecule is O=C(c1cscn1)N1CCC[C@@H](c2nc(-c3ccccc3)n[nH]2)C1. The molecule has 122 valence electrons. The fraction of sp³-hybridized carbons (Fsp3) is 0.294. The quantitative estimate of drug-likeness (QED) is 0.796. The van der Waals surface area contributed by atoms with Crippen molar-refractivity contribution < 1.29 is 4.79 Å². The molecule has 4 rings (SSSR count). The van der Waals surface area contributed by atoms with Gasteiger partial charge in [0.1, 0.15) is 11.5 Å². The van der Waals surface area contributed by atoms with Gasteiger partial charge in [-0.2, -0.15) is 5.10 Å². The van der Waals surface area contributed by atoms with Crippen molar-refractivity contribution in [3.8, 4) is 11.4 Å². The maximum atomic E-state index is 12.5. The molecule has 3 heterocycles. The number of H-pyrrole nitrogens is 1. The number of rotatable bonds is 3. The summed E-state index contributed by atoms with van der Waals surface area (Å²) >= 11 is 1.44. The first-order chi connectivity index (χ1) is 11.8. The lowest BCUT2D eigenvalue weighted by molar-refractivity contribution is 0.0699. The highest BCUT2D eigenvalue weighted by molar-refractivity contribution is 7.07. The number of nitrogens with one attached hydrogen (secondary N) is 1. The number of nitrogens with zero attached hydrogens (tertiary/aromatic N) is 4. The fourth-order valence-electron chi connectivity index (χ4n) is 3.04. The van der Waals surface area contributed by atoms with Gasteiger partial charge in [0.2, 0.25) is 0 Å². The zero-order valence-electron chi connectivity index (χ0n) is 13.1. The van der Waals surface area contributed by atoms with E-state index in [0.29, 0.717) is 18.1 Å². The number of piperidine rings is 1. The Morgan fingerprint density at radius 1 is 1.29 bits per heavy atom. The molecular weight excluding hydrogens is 322 g/mol. The van der Waals surface area contributed by atoms with E-state index in [1.165, 1.54) is 11.3 Å². The molecule has 1 N–H and O–H groups in total. The molecule has 0 aliphatic carbocycles. The normalized spacial score (nSPS) is 17.8. The van der Waals surface area contributed by atoms with Crippen LogP contribution in [0.3, 0.4) is 0 Å². The molecule has 6 nitrogen and oxygen atoms in total. The summed E-state index contributed by atoms with van der Waals surface area (Å²) < 4.78 is 0. The topological polar surface area (TPSA) is 74.8 Å². The molecule has 1 aromatic carbocycles. The summed E-state index contributed by atoms with van der Waals surface area (Å²) in [5.41, 5.74) is 3.21. The molecule has 1 saturated heterocycles. The van der Waals surface area contributed by atoms with E-state index in [2.05, 4.69) is 20.2 Å². The molecule has 1 aliphatic rings. The predicted octanol–water partition coefficient (Wildman–Crippen LogP) is 2.95. The Bertz CT molecular complexity index is 815. The Kier molecular flexibility index (Phi) is 4.08. The number of amides is 1. The van der Waals surface area contributed by atoms with Crippen LogP contribution < -0.4 is 0 Å². The summed E-state index contributed by atoms with van der Waals surface area (Å²) in [5.74, 6) is 1.74. The molecule has 1 aliphatic heterocycles. The van der Waals surface area contributed by atoms with Crippen LogP contribution in [0.1, 0.15) is 35.1 Å². The zero-order chi connectivity index (χ0) is 16.4. The minimum Gasteiger partial charge on any atom is -0.337 e. The van der Waals surface area contributed by atoms with Gasteiger partial charge in [-0.25, -0.2) is 9.97 Å². The summed E-state index contributed by atoms with van der Waals surface area (Å²) in [4.78, 5) is 23.1. The largest absolute Gasteiger partial charge is 0.337 e. The fourth-order valence-corrected chi connectivity index (χ4v) is 3.56. The molecule has 1 fully saturated rings. The Morgan fingerprint density at radius 3 is 2.96 bits per heavy atom. The maximum Gasteiger partial charge on any atom is 0.273 e. The number of aromatic amines is 1. The van der Waals surface area contributed by atoms with Crippen LogP contribution in [0.15, 0.2) is 41.2 Å².